The van der Waals surface area contributed by atoms with E-state index >= 15 is 0 Å². The first kappa shape index (κ1) is 23.2. The minimum absolute atomic E-state index is 0.0605. The third-order valence-corrected chi connectivity index (χ3v) is 7.79. The van der Waals surface area contributed by atoms with Gasteiger partial charge in [0.2, 0.25) is 15.9 Å². The molecular formula is C26H25ClN2O3S. The summed E-state index contributed by atoms with van der Waals surface area (Å²) < 4.78 is 28.6. The summed E-state index contributed by atoms with van der Waals surface area (Å²) in [6, 6.07) is 23.7. The number of hydrogen-bond acceptors (Lipinski definition) is 3. The van der Waals surface area contributed by atoms with Gasteiger partial charge in [0.05, 0.1) is 11.3 Å². The molecule has 33 heavy (non-hydrogen) atoms. The van der Waals surface area contributed by atoms with Gasteiger partial charge >= 0.3 is 0 Å². The molecule has 1 aliphatic rings. The van der Waals surface area contributed by atoms with Crippen LogP contribution in [0.1, 0.15) is 23.1 Å². The van der Waals surface area contributed by atoms with Crippen molar-refractivity contribution in [2.24, 2.45) is 0 Å². The van der Waals surface area contributed by atoms with E-state index in [1.807, 2.05) is 55.5 Å². The number of benzene rings is 3. The second kappa shape index (κ2) is 9.91. The molecule has 1 saturated heterocycles. The summed E-state index contributed by atoms with van der Waals surface area (Å²) in [4.78, 5) is 14.3. The highest BCUT2D eigenvalue weighted by atomic mass is 35.5. The van der Waals surface area contributed by atoms with Crippen LogP contribution in [-0.2, 0) is 21.4 Å². The summed E-state index contributed by atoms with van der Waals surface area (Å²) >= 11 is 5.95. The molecule has 170 valence electrons. The summed E-state index contributed by atoms with van der Waals surface area (Å²) in [6.45, 7) is 2.42. The predicted octanol–water partition coefficient (Wildman–Crippen LogP) is 5.11. The van der Waals surface area contributed by atoms with Crippen molar-refractivity contribution in [3.63, 3.8) is 0 Å². The number of likely N-dealkylation sites (tertiary alicyclic amines) is 1. The van der Waals surface area contributed by atoms with Gasteiger partial charge in [-0.1, -0.05) is 83.9 Å². The molecule has 4 rings (SSSR count). The molecule has 3 aromatic carbocycles. The zero-order valence-electron chi connectivity index (χ0n) is 18.3. The monoisotopic (exact) mass is 480 g/mol. The zero-order valence-corrected chi connectivity index (χ0v) is 19.8. The first-order valence-electron chi connectivity index (χ1n) is 10.7. The molecule has 1 fully saturated rings. The van der Waals surface area contributed by atoms with Crippen molar-refractivity contribution in [1.82, 2.24) is 9.21 Å². The van der Waals surface area contributed by atoms with Crippen LogP contribution in [0.15, 0.2) is 89.8 Å². The van der Waals surface area contributed by atoms with Crippen LogP contribution in [0.25, 0.3) is 6.08 Å². The summed E-state index contributed by atoms with van der Waals surface area (Å²) in [6.07, 6.45) is 3.28. The highest BCUT2D eigenvalue weighted by molar-refractivity contribution is 7.89. The standard InChI is InChI=1S/C26H25ClN2O3S/c1-20-9-15-24(16-10-20)33(31,32)29(17-5-8-21-11-13-23(27)14-12-21)25-18-26(30)28(25)19-22-6-3-2-4-7-22/h2-16,25H,17-19H2,1H3/b8-5+. The number of sulfonamides is 1. The molecule has 0 radical (unpaired) electrons. The third kappa shape index (κ3) is 5.36. The van der Waals surface area contributed by atoms with Crippen molar-refractivity contribution in [2.45, 2.75) is 31.0 Å². The minimum Gasteiger partial charge on any atom is -0.321 e. The van der Waals surface area contributed by atoms with Crippen LogP contribution in [0.4, 0.5) is 0 Å². The average molecular weight is 481 g/mol. The molecule has 0 N–H and O–H groups in total. The fraction of sp³-hybridized carbons (Fsp3) is 0.192. The number of amides is 1. The topological polar surface area (TPSA) is 57.7 Å². The number of aryl methyl sites for hydroxylation is 1. The van der Waals surface area contributed by atoms with E-state index in [0.717, 1.165) is 16.7 Å². The highest BCUT2D eigenvalue weighted by Gasteiger charge is 2.44. The van der Waals surface area contributed by atoms with Gasteiger partial charge < -0.3 is 4.90 Å². The minimum atomic E-state index is -3.82. The Morgan fingerprint density at radius 1 is 1.00 bits per heavy atom. The molecule has 1 aliphatic heterocycles. The van der Waals surface area contributed by atoms with Crippen LogP contribution >= 0.6 is 11.6 Å². The van der Waals surface area contributed by atoms with Gasteiger partial charge in [0, 0.05) is 18.1 Å². The van der Waals surface area contributed by atoms with Crippen LogP contribution in [0.2, 0.25) is 5.02 Å². The molecule has 7 heteroatoms. The number of β-lactam (4-membered cyclic amide) rings is 1. The molecule has 1 heterocycles. The number of nitrogens with zero attached hydrogens (tertiary/aromatic N) is 2. The van der Waals surface area contributed by atoms with Crippen LogP contribution in [-0.4, -0.2) is 36.2 Å². The van der Waals surface area contributed by atoms with E-state index < -0.39 is 16.2 Å². The largest absolute Gasteiger partial charge is 0.321 e. The molecule has 0 bridgehead atoms. The Labute approximate surface area is 200 Å². The van der Waals surface area contributed by atoms with Gasteiger partial charge in [-0.25, -0.2) is 8.42 Å². The van der Waals surface area contributed by atoms with E-state index in [9.17, 15) is 13.2 Å². The van der Waals surface area contributed by atoms with Gasteiger partial charge in [-0.05, 0) is 42.3 Å². The number of rotatable bonds is 8. The quantitative estimate of drug-likeness (QED) is 0.421. The predicted molar refractivity (Wildman–Crippen MR) is 131 cm³/mol. The molecular weight excluding hydrogens is 456 g/mol. The maximum absolute atomic E-state index is 13.6. The molecule has 1 atom stereocenters. The fourth-order valence-electron chi connectivity index (χ4n) is 3.76. The van der Waals surface area contributed by atoms with E-state index in [0.29, 0.717) is 11.6 Å². The number of hydrogen-bond donors (Lipinski definition) is 0. The summed E-state index contributed by atoms with van der Waals surface area (Å²) in [5, 5.41) is 0.639. The second-order valence-electron chi connectivity index (χ2n) is 8.03. The SMILES string of the molecule is Cc1ccc(S(=O)(=O)N(C/C=C/c2ccc(Cl)cc2)C2CC(=O)N2Cc2ccccc2)cc1. The van der Waals surface area contributed by atoms with E-state index in [2.05, 4.69) is 0 Å². The van der Waals surface area contributed by atoms with Crippen LogP contribution < -0.4 is 0 Å². The molecule has 3 aromatic rings. The smallest absolute Gasteiger partial charge is 0.245 e. The Hall–Kier alpha value is -2.93. The zero-order chi connectivity index (χ0) is 23.4. The molecule has 0 aliphatic carbocycles. The first-order valence-corrected chi connectivity index (χ1v) is 12.5. The van der Waals surface area contributed by atoms with Crippen molar-refractivity contribution >= 4 is 33.6 Å². The first-order chi connectivity index (χ1) is 15.8. The normalized spacial score (nSPS) is 16.4. The maximum Gasteiger partial charge on any atom is 0.245 e. The summed E-state index contributed by atoms with van der Waals surface area (Å²) in [7, 11) is -3.82. The van der Waals surface area contributed by atoms with Crippen molar-refractivity contribution < 1.29 is 13.2 Å². The average Bonchev–Trinajstić information content (AvgIpc) is 2.81. The lowest BCUT2D eigenvalue weighted by molar-refractivity contribution is -0.152. The van der Waals surface area contributed by atoms with Gasteiger partial charge in [-0.2, -0.15) is 4.31 Å². The van der Waals surface area contributed by atoms with Crippen molar-refractivity contribution in [1.29, 1.82) is 0 Å². The van der Waals surface area contributed by atoms with Gasteiger partial charge in [-0.3, -0.25) is 4.79 Å². The Balaban J connectivity index is 1.62. The Bertz CT molecular complexity index is 1240. The molecule has 0 saturated carbocycles. The molecule has 1 unspecified atom stereocenters. The van der Waals surface area contributed by atoms with Gasteiger partial charge in [0.25, 0.3) is 0 Å². The number of carbonyl (C=O) groups is 1. The van der Waals surface area contributed by atoms with Crippen molar-refractivity contribution in [3.8, 4) is 0 Å². The fourth-order valence-corrected chi connectivity index (χ4v) is 5.43. The molecule has 5 nitrogen and oxygen atoms in total. The van der Waals surface area contributed by atoms with E-state index in [1.54, 1.807) is 47.4 Å². The van der Waals surface area contributed by atoms with Gasteiger partial charge in [0.15, 0.2) is 0 Å². The van der Waals surface area contributed by atoms with Crippen molar-refractivity contribution in [3.05, 3.63) is 107 Å². The maximum atomic E-state index is 13.6. The van der Waals surface area contributed by atoms with E-state index in [4.69, 9.17) is 11.6 Å². The molecule has 1 amide bonds. The second-order valence-corrected chi connectivity index (χ2v) is 10.4. The van der Waals surface area contributed by atoms with E-state index in [-0.39, 0.29) is 23.8 Å². The lowest BCUT2D eigenvalue weighted by Gasteiger charge is -2.45. The van der Waals surface area contributed by atoms with Crippen LogP contribution in [0.3, 0.4) is 0 Å². The van der Waals surface area contributed by atoms with Crippen LogP contribution in [0.5, 0.6) is 0 Å². The Kier molecular flexibility index (Phi) is 6.98. The number of carbonyl (C=O) groups excluding carboxylic acids is 1. The number of halogens is 1. The Morgan fingerprint density at radius 3 is 2.30 bits per heavy atom. The van der Waals surface area contributed by atoms with Crippen molar-refractivity contribution in [2.75, 3.05) is 6.54 Å². The van der Waals surface area contributed by atoms with Gasteiger partial charge in [0.1, 0.15) is 6.17 Å². The summed E-state index contributed by atoms with van der Waals surface area (Å²) in [5.41, 5.74) is 2.85. The van der Waals surface area contributed by atoms with Crippen LogP contribution in [0, 0.1) is 6.92 Å². The molecule has 0 spiro atoms. The van der Waals surface area contributed by atoms with E-state index in [1.165, 1.54) is 4.31 Å². The third-order valence-electron chi connectivity index (χ3n) is 5.66. The lowest BCUT2D eigenvalue weighted by atomic mass is 10.1. The van der Waals surface area contributed by atoms with Gasteiger partial charge in [-0.15, -0.1) is 0 Å². The lowest BCUT2D eigenvalue weighted by Crippen LogP contribution is -2.61. The molecule has 0 aromatic heterocycles. The summed E-state index contributed by atoms with van der Waals surface area (Å²) in [5.74, 6) is -0.0605. The highest BCUT2D eigenvalue weighted by Crippen LogP contribution is 2.30. The Morgan fingerprint density at radius 2 is 1.67 bits per heavy atom.